The van der Waals surface area contributed by atoms with Crippen LogP contribution in [0.1, 0.15) is 37.3 Å². The normalized spacial score (nSPS) is 18.9. The van der Waals surface area contributed by atoms with E-state index < -0.39 is 17.7 Å². The fourth-order valence-electron chi connectivity index (χ4n) is 2.43. The summed E-state index contributed by atoms with van der Waals surface area (Å²) in [4.78, 5) is 1.95. The third-order valence-corrected chi connectivity index (χ3v) is 3.40. The number of hydrogen-bond donors (Lipinski definition) is 0. The maximum Gasteiger partial charge on any atom is 0.164 e. The highest BCUT2D eigenvalue weighted by molar-refractivity contribution is 5.27. The summed E-state index contributed by atoms with van der Waals surface area (Å²) in [5, 5.41) is 9.26. The minimum absolute atomic E-state index is 0.152. The van der Waals surface area contributed by atoms with Gasteiger partial charge in [-0.1, -0.05) is 25.0 Å². The summed E-state index contributed by atoms with van der Waals surface area (Å²) >= 11 is 0. The molecule has 1 saturated heterocycles. The summed E-state index contributed by atoms with van der Waals surface area (Å²) in [6.07, 6.45) is 4.30. The Bertz CT molecular complexity index is 446. The van der Waals surface area contributed by atoms with Gasteiger partial charge in [0.1, 0.15) is 6.04 Å². The summed E-state index contributed by atoms with van der Waals surface area (Å²) in [5.74, 6) is -1.78. The summed E-state index contributed by atoms with van der Waals surface area (Å²) in [6.45, 7) is 1.54. The van der Waals surface area contributed by atoms with Crippen LogP contribution in [0.5, 0.6) is 0 Å². The van der Waals surface area contributed by atoms with E-state index in [1.807, 2.05) is 4.90 Å². The molecule has 1 aliphatic heterocycles. The van der Waals surface area contributed by atoms with Crippen LogP contribution < -0.4 is 0 Å². The average Bonchev–Trinajstić information content (AvgIpc) is 2.64. The van der Waals surface area contributed by atoms with E-state index in [0.29, 0.717) is 0 Å². The number of hydrogen-bond acceptors (Lipinski definition) is 2. The number of halogens is 2. The molecule has 96 valence electrons. The van der Waals surface area contributed by atoms with Crippen LogP contribution in [0.2, 0.25) is 0 Å². The van der Waals surface area contributed by atoms with Gasteiger partial charge < -0.3 is 0 Å². The topological polar surface area (TPSA) is 27.0 Å². The molecule has 2 nitrogen and oxygen atoms in total. The Labute approximate surface area is 106 Å². The van der Waals surface area contributed by atoms with Crippen molar-refractivity contribution >= 4 is 0 Å². The lowest BCUT2D eigenvalue weighted by atomic mass is 10.1. The molecule has 0 aromatic heterocycles. The van der Waals surface area contributed by atoms with Gasteiger partial charge in [-0.3, -0.25) is 4.90 Å². The Morgan fingerprint density at radius 3 is 2.39 bits per heavy atom. The first-order chi connectivity index (χ1) is 8.74. The highest BCUT2D eigenvalue weighted by Gasteiger charge is 2.24. The molecular formula is C14H16F2N2. The van der Waals surface area contributed by atoms with Gasteiger partial charge in [0.25, 0.3) is 0 Å². The first kappa shape index (κ1) is 13.0. The molecule has 1 fully saturated rings. The fraction of sp³-hybridized carbons (Fsp3) is 0.500. The number of nitrogens with zero attached hydrogens (tertiary/aromatic N) is 2. The molecule has 18 heavy (non-hydrogen) atoms. The summed E-state index contributed by atoms with van der Waals surface area (Å²) in [7, 11) is 0. The van der Waals surface area contributed by atoms with Crippen molar-refractivity contribution < 1.29 is 8.78 Å². The van der Waals surface area contributed by atoms with Gasteiger partial charge in [0.05, 0.1) is 6.07 Å². The van der Waals surface area contributed by atoms with E-state index in [4.69, 9.17) is 0 Å². The Morgan fingerprint density at radius 2 is 1.78 bits per heavy atom. The monoisotopic (exact) mass is 250 g/mol. The van der Waals surface area contributed by atoms with Gasteiger partial charge in [0, 0.05) is 5.56 Å². The molecule has 0 aliphatic carbocycles. The quantitative estimate of drug-likeness (QED) is 0.804. The molecule has 1 aromatic carbocycles. The van der Waals surface area contributed by atoms with Crippen LogP contribution in [0.25, 0.3) is 0 Å². The van der Waals surface area contributed by atoms with Gasteiger partial charge in [-0.05, 0) is 32.0 Å². The highest BCUT2D eigenvalue weighted by atomic mass is 19.2. The fourth-order valence-corrected chi connectivity index (χ4v) is 2.43. The Hall–Kier alpha value is -1.47. The SMILES string of the molecule is N#CC(c1cccc(F)c1F)N1CCCCCC1. The van der Waals surface area contributed by atoms with Gasteiger partial charge in [0.2, 0.25) is 0 Å². The van der Waals surface area contributed by atoms with Gasteiger partial charge >= 0.3 is 0 Å². The summed E-state index contributed by atoms with van der Waals surface area (Å²) in [5.41, 5.74) is 0.152. The summed E-state index contributed by atoms with van der Waals surface area (Å²) in [6, 6.07) is 5.45. The molecule has 0 bridgehead atoms. The molecule has 2 rings (SSSR count). The van der Waals surface area contributed by atoms with Crippen molar-refractivity contribution in [2.24, 2.45) is 0 Å². The minimum Gasteiger partial charge on any atom is -0.284 e. The molecule has 0 saturated carbocycles. The van der Waals surface area contributed by atoms with Crippen molar-refractivity contribution in [2.45, 2.75) is 31.7 Å². The van der Waals surface area contributed by atoms with Crippen LogP contribution in [-0.2, 0) is 0 Å². The third kappa shape index (κ3) is 2.68. The zero-order valence-electron chi connectivity index (χ0n) is 10.2. The molecule has 0 radical (unpaired) electrons. The van der Waals surface area contributed by atoms with Gasteiger partial charge in [-0.2, -0.15) is 5.26 Å². The Kier molecular flexibility index (Phi) is 4.27. The van der Waals surface area contributed by atoms with E-state index in [9.17, 15) is 14.0 Å². The molecule has 0 amide bonds. The third-order valence-electron chi connectivity index (χ3n) is 3.40. The molecular weight excluding hydrogens is 234 g/mol. The molecule has 0 spiro atoms. The van der Waals surface area contributed by atoms with Gasteiger partial charge in [-0.15, -0.1) is 0 Å². The van der Waals surface area contributed by atoms with Gasteiger partial charge in [0.15, 0.2) is 11.6 Å². The van der Waals surface area contributed by atoms with Crippen molar-refractivity contribution in [3.63, 3.8) is 0 Å². The van der Waals surface area contributed by atoms with Crippen molar-refractivity contribution in [3.05, 3.63) is 35.4 Å². The predicted molar refractivity (Wildman–Crippen MR) is 64.8 cm³/mol. The van der Waals surface area contributed by atoms with Crippen LogP contribution in [-0.4, -0.2) is 18.0 Å². The van der Waals surface area contributed by atoms with Crippen molar-refractivity contribution in [1.29, 1.82) is 5.26 Å². The molecule has 1 unspecified atom stereocenters. The van der Waals surface area contributed by atoms with E-state index in [0.717, 1.165) is 44.8 Å². The lowest BCUT2D eigenvalue weighted by Gasteiger charge is -2.25. The second-order valence-corrected chi connectivity index (χ2v) is 4.62. The molecule has 1 aliphatic rings. The lowest BCUT2D eigenvalue weighted by molar-refractivity contribution is 0.240. The first-order valence-electron chi connectivity index (χ1n) is 6.31. The minimum atomic E-state index is -0.895. The zero-order valence-corrected chi connectivity index (χ0v) is 10.2. The van der Waals surface area contributed by atoms with Crippen molar-refractivity contribution in [1.82, 2.24) is 4.90 Å². The van der Waals surface area contributed by atoms with Crippen LogP contribution in [0.3, 0.4) is 0 Å². The predicted octanol–water partition coefficient (Wildman–Crippen LogP) is 3.41. The number of nitriles is 1. The number of likely N-dealkylation sites (tertiary alicyclic amines) is 1. The van der Waals surface area contributed by atoms with Crippen LogP contribution in [0.4, 0.5) is 8.78 Å². The van der Waals surface area contributed by atoms with E-state index >= 15 is 0 Å². The molecule has 1 atom stereocenters. The average molecular weight is 250 g/mol. The van der Waals surface area contributed by atoms with Gasteiger partial charge in [-0.25, -0.2) is 8.78 Å². The van der Waals surface area contributed by atoms with Crippen LogP contribution in [0.15, 0.2) is 18.2 Å². The van der Waals surface area contributed by atoms with Crippen molar-refractivity contribution in [3.8, 4) is 6.07 Å². The van der Waals surface area contributed by atoms with E-state index in [2.05, 4.69) is 6.07 Å². The summed E-state index contributed by atoms with van der Waals surface area (Å²) < 4.78 is 27.0. The first-order valence-corrected chi connectivity index (χ1v) is 6.31. The second kappa shape index (κ2) is 5.92. The van der Waals surface area contributed by atoms with E-state index in [-0.39, 0.29) is 5.56 Å². The Balaban J connectivity index is 2.27. The maximum absolute atomic E-state index is 13.7. The zero-order chi connectivity index (χ0) is 13.0. The largest absolute Gasteiger partial charge is 0.284 e. The highest BCUT2D eigenvalue weighted by Crippen LogP contribution is 2.26. The maximum atomic E-state index is 13.7. The van der Waals surface area contributed by atoms with E-state index in [1.165, 1.54) is 12.1 Å². The van der Waals surface area contributed by atoms with Crippen LogP contribution >= 0.6 is 0 Å². The van der Waals surface area contributed by atoms with E-state index in [1.54, 1.807) is 0 Å². The smallest absolute Gasteiger partial charge is 0.164 e. The van der Waals surface area contributed by atoms with Crippen molar-refractivity contribution in [2.75, 3.05) is 13.1 Å². The number of benzene rings is 1. The standard InChI is InChI=1S/C14H16F2N2/c15-12-7-5-6-11(14(12)16)13(10-17)18-8-3-1-2-4-9-18/h5-7,13H,1-4,8-9H2. The molecule has 1 heterocycles. The molecule has 0 N–H and O–H groups in total. The lowest BCUT2D eigenvalue weighted by Crippen LogP contribution is -2.29. The second-order valence-electron chi connectivity index (χ2n) is 4.62. The number of rotatable bonds is 2. The molecule has 4 heteroatoms. The van der Waals surface area contributed by atoms with Crippen LogP contribution in [0, 0.1) is 23.0 Å². The Morgan fingerprint density at radius 1 is 1.11 bits per heavy atom. The molecule has 1 aromatic rings.